The highest BCUT2D eigenvalue weighted by Crippen LogP contribution is 2.37. The second-order valence-corrected chi connectivity index (χ2v) is 5.11. The van der Waals surface area contributed by atoms with Gasteiger partial charge >= 0.3 is 0 Å². The monoisotopic (exact) mass is 279 g/mol. The van der Waals surface area contributed by atoms with E-state index < -0.39 is 0 Å². The van der Waals surface area contributed by atoms with E-state index in [4.69, 9.17) is 23.2 Å². The third kappa shape index (κ3) is 1.93. The van der Waals surface area contributed by atoms with E-state index in [1.54, 1.807) is 6.07 Å². The summed E-state index contributed by atoms with van der Waals surface area (Å²) in [7, 11) is 0. The molecule has 0 radical (unpaired) electrons. The number of benzene rings is 1. The van der Waals surface area contributed by atoms with Crippen LogP contribution >= 0.6 is 23.2 Å². The minimum absolute atomic E-state index is 0.641. The zero-order valence-corrected chi connectivity index (χ0v) is 11.3. The number of halogens is 2. The van der Waals surface area contributed by atoms with Gasteiger partial charge in [-0.25, -0.2) is 9.97 Å². The van der Waals surface area contributed by atoms with Crippen LogP contribution in [0.3, 0.4) is 0 Å². The SMILES string of the molecule is Cc1ncc2c(n1)N(c1ccc(Cl)cc1Cl)CC2. The van der Waals surface area contributed by atoms with Gasteiger partial charge in [0.1, 0.15) is 11.6 Å². The molecule has 0 atom stereocenters. The van der Waals surface area contributed by atoms with Crippen molar-refractivity contribution in [1.82, 2.24) is 9.97 Å². The van der Waals surface area contributed by atoms with Gasteiger partial charge in [0, 0.05) is 23.3 Å². The van der Waals surface area contributed by atoms with Crippen LogP contribution in [-0.2, 0) is 6.42 Å². The average Bonchev–Trinajstić information content (AvgIpc) is 2.72. The van der Waals surface area contributed by atoms with Crippen LogP contribution in [-0.4, -0.2) is 16.5 Å². The molecule has 5 heteroatoms. The first-order valence-corrected chi connectivity index (χ1v) is 6.46. The quantitative estimate of drug-likeness (QED) is 0.795. The van der Waals surface area contributed by atoms with Crippen molar-refractivity contribution in [1.29, 1.82) is 0 Å². The maximum absolute atomic E-state index is 6.25. The molecule has 92 valence electrons. The van der Waals surface area contributed by atoms with Crippen molar-refractivity contribution >= 4 is 34.7 Å². The highest BCUT2D eigenvalue weighted by atomic mass is 35.5. The highest BCUT2D eigenvalue weighted by molar-refractivity contribution is 6.36. The normalized spacial score (nSPS) is 13.8. The molecule has 0 unspecified atom stereocenters. The molecule has 3 rings (SSSR count). The summed E-state index contributed by atoms with van der Waals surface area (Å²) in [6, 6.07) is 5.52. The van der Waals surface area contributed by atoms with E-state index >= 15 is 0 Å². The molecule has 18 heavy (non-hydrogen) atoms. The van der Waals surface area contributed by atoms with Crippen molar-refractivity contribution in [2.24, 2.45) is 0 Å². The van der Waals surface area contributed by atoms with E-state index in [0.717, 1.165) is 35.9 Å². The van der Waals surface area contributed by atoms with Crippen molar-refractivity contribution in [2.45, 2.75) is 13.3 Å². The van der Waals surface area contributed by atoms with Crippen molar-refractivity contribution in [3.05, 3.63) is 45.8 Å². The fourth-order valence-electron chi connectivity index (χ4n) is 2.17. The van der Waals surface area contributed by atoms with Crippen molar-refractivity contribution in [3.63, 3.8) is 0 Å². The first kappa shape index (κ1) is 11.8. The number of hydrogen-bond acceptors (Lipinski definition) is 3. The third-order valence-electron chi connectivity index (χ3n) is 3.02. The van der Waals surface area contributed by atoms with E-state index in [9.17, 15) is 0 Å². The minimum Gasteiger partial charge on any atom is -0.324 e. The smallest absolute Gasteiger partial charge is 0.140 e. The molecule has 0 aliphatic carbocycles. The first-order valence-electron chi connectivity index (χ1n) is 5.70. The van der Waals surface area contributed by atoms with Crippen LogP contribution in [0.15, 0.2) is 24.4 Å². The number of rotatable bonds is 1. The molecule has 0 fully saturated rings. The molecular weight excluding hydrogens is 269 g/mol. The van der Waals surface area contributed by atoms with Gasteiger partial charge < -0.3 is 4.90 Å². The van der Waals surface area contributed by atoms with Gasteiger partial charge in [0.2, 0.25) is 0 Å². The summed E-state index contributed by atoms with van der Waals surface area (Å²) in [6.45, 7) is 2.76. The van der Waals surface area contributed by atoms with Crippen LogP contribution in [0.25, 0.3) is 0 Å². The Morgan fingerprint density at radius 2 is 2.11 bits per heavy atom. The lowest BCUT2D eigenvalue weighted by Gasteiger charge is -2.20. The lowest BCUT2D eigenvalue weighted by Crippen LogP contribution is -2.15. The van der Waals surface area contributed by atoms with Crippen LogP contribution in [0.4, 0.5) is 11.5 Å². The molecule has 1 aromatic carbocycles. The molecule has 0 spiro atoms. The first-order chi connectivity index (χ1) is 8.65. The summed E-state index contributed by atoms with van der Waals surface area (Å²) >= 11 is 12.2. The van der Waals surface area contributed by atoms with Gasteiger partial charge in [0.15, 0.2) is 0 Å². The Kier molecular flexibility index (Phi) is 2.88. The molecule has 1 aliphatic heterocycles. The van der Waals surface area contributed by atoms with Gasteiger partial charge in [-0.05, 0) is 31.5 Å². The second kappa shape index (κ2) is 4.41. The predicted molar refractivity (Wildman–Crippen MR) is 73.9 cm³/mol. The number of hydrogen-bond donors (Lipinski definition) is 0. The zero-order valence-electron chi connectivity index (χ0n) is 9.82. The number of aromatic nitrogens is 2. The van der Waals surface area contributed by atoms with Gasteiger partial charge in [-0.15, -0.1) is 0 Å². The molecule has 0 saturated carbocycles. The summed E-state index contributed by atoms with van der Waals surface area (Å²) in [5.41, 5.74) is 2.10. The number of anilines is 2. The standard InChI is InChI=1S/C13H11Cl2N3/c1-8-16-7-9-4-5-18(13(9)17-8)12-3-2-10(14)6-11(12)15/h2-3,6-7H,4-5H2,1H3. The Morgan fingerprint density at radius 1 is 1.28 bits per heavy atom. The van der Waals surface area contributed by atoms with Gasteiger partial charge in [-0.2, -0.15) is 0 Å². The van der Waals surface area contributed by atoms with Crippen molar-refractivity contribution in [3.8, 4) is 0 Å². The number of aryl methyl sites for hydroxylation is 1. The summed E-state index contributed by atoms with van der Waals surface area (Å²) in [6.07, 6.45) is 2.83. The van der Waals surface area contributed by atoms with Gasteiger partial charge in [0.25, 0.3) is 0 Å². The average molecular weight is 280 g/mol. The minimum atomic E-state index is 0.641. The Morgan fingerprint density at radius 3 is 2.89 bits per heavy atom. The molecule has 0 saturated heterocycles. The molecule has 0 N–H and O–H groups in total. The van der Waals surface area contributed by atoms with E-state index in [-0.39, 0.29) is 0 Å². The Balaban J connectivity index is 2.08. The van der Waals surface area contributed by atoms with Crippen LogP contribution in [0.2, 0.25) is 10.0 Å². The fraction of sp³-hybridized carbons (Fsp3) is 0.231. The molecule has 1 aromatic heterocycles. The van der Waals surface area contributed by atoms with E-state index in [1.807, 2.05) is 25.3 Å². The number of fused-ring (bicyclic) bond motifs is 1. The lowest BCUT2D eigenvalue weighted by atomic mass is 10.3. The predicted octanol–water partition coefficient (Wildman–Crippen LogP) is 3.79. The summed E-state index contributed by atoms with van der Waals surface area (Å²) in [5.74, 6) is 1.72. The van der Waals surface area contributed by atoms with Crippen LogP contribution in [0.1, 0.15) is 11.4 Å². The molecule has 2 heterocycles. The fourth-order valence-corrected chi connectivity index (χ4v) is 2.68. The Bertz CT molecular complexity index is 613. The van der Waals surface area contributed by atoms with Gasteiger partial charge in [0.05, 0.1) is 10.7 Å². The molecule has 1 aliphatic rings. The van der Waals surface area contributed by atoms with Gasteiger partial charge in [-0.3, -0.25) is 0 Å². The zero-order chi connectivity index (χ0) is 12.7. The van der Waals surface area contributed by atoms with E-state index in [0.29, 0.717) is 10.0 Å². The summed E-state index contributed by atoms with van der Waals surface area (Å²) in [4.78, 5) is 10.8. The summed E-state index contributed by atoms with van der Waals surface area (Å²) in [5, 5.41) is 1.29. The molecule has 0 amide bonds. The molecule has 0 bridgehead atoms. The van der Waals surface area contributed by atoms with Crippen LogP contribution < -0.4 is 4.90 Å². The lowest BCUT2D eigenvalue weighted by molar-refractivity contribution is 0.987. The van der Waals surface area contributed by atoms with E-state index in [2.05, 4.69) is 14.9 Å². The second-order valence-electron chi connectivity index (χ2n) is 4.26. The largest absolute Gasteiger partial charge is 0.324 e. The maximum atomic E-state index is 6.25. The van der Waals surface area contributed by atoms with Gasteiger partial charge in [-0.1, -0.05) is 23.2 Å². The number of nitrogens with zero attached hydrogens (tertiary/aromatic N) is 3. The topological polar surface area (TPSA) is 29.0 Å². The Hall–Kier alpha value is -1.32. The van der Waals surface area contributed by atoms with Crippen LogP contribution in [0, 0.1) is 6.92 Å². The maximum Gasteiger partial charge on any atom is 0.140 e. The molecule has 3 nitrogen and oxygen atoms in total. The summed E-state index contributed by atoms with van der Waals surface area (Å²) < 4.78 is 0. The third-order valence-corrected chi connectivity index (χ3v) is 3.56. The highest BCUT2D eigenvalue weighted by Gasteiger charge is 2.24. The molecular formula is C13H11Cl2N3. The van der Waals surface area contributed by atoms with Crippen molar-refractivity contribution < 1.29 is 0 Å². The Labute approximate surface area is 115 Å². The molecule has 2 aromatic rings. The van der Waals surface area contributed by atoms with Crippen molar-refractivity contribution in [2.75, 3.05) is 11.4 Å². The van der Waals surface area contributed by atoms with Crippen LogP contribution in [0.5, 0.6) is 0 Å². The van der Waals surface area contributed by atoms with E-state index in [1.165, 1.54) is 0 Å².